The molecule has 0 spiro atoms. The highest BCUT2D eigenvalue weighted by atomic mass is 16.4. The lowest BCUT2D eigenvalue weighted by atomic mass is 9.91. The zero-order chi connectivity index (χ0) is 27.3. The van der Waals surface area contributed by atoms with Crippen LogP contribution in [0.15, 0.2) is 0 Å². The van der Waals surface area contributed by atoms with E-state index in [1.807, 2.05) is 14.1 Å². The van der Waals surface area contributed by atoms with Gasteiger partial charge in [-0.2, -0.15) is 0 Å². The van der Waals surface area contributed by atoms with Gasteiger partial charge in [0.2, 0.25) is 11.8 Å². The molecule has 224 valence electrons. The minimum Gasteiger partial charge on any atom is -0.480 e. The Kier molecular flexibility index (Phi) is 26.3. The van der Waals surface area contributed by atoms with Crippen LogP contribution in [0.2, 0.25) is 0 Å². The molecule has 0 aliphatic carbocycles. The molecule has 0 fully saturated rings. The number of unbranched alkanes of at least 4 members (excludes halogenated alkanes) is 2. The summed E-state index contributed by atoms with van der Waals surface area (Å²) in [5.41, 5.74) is 0. The number of ketones is 2. The number of aliphatic hydroxyl groups excluding tert-OH is 1. The van der Waals surface area contributed by atoms with Crippen molar-refractivity contribution < 1.29 is 34.2 Å². The average Bonchev–Trinajstić information content (AvgIpc) is 2.85. The van der Waals surface area contributed by atoms with Crippen LogP contribution in [0.5, 0.6) is 0 Å². The van der Waals surface area contributed by atoms with Crippen molar-refractivity contribution in [2.75, 3.05) is 53.9 Å². The fourth-order valence-electron chi connectivity index (χ4n) is 3.74. The number of nitrogens with one attached hydrogen (secondary N) is 5. The fraction of sp³-hybridized carbons (Fsp3) is 0.808. The van der Waals surface area contributed by atoms with Gasteiger partial charge in [0.1, 0.15) is 6.54 Å². The molecule has 12 nitrogen and oxygen atoms in total. The summed E-state index contributed by atoms with van der Waals surface area (Å²) in [5.74, 6) is -4.60. The summed E-state index contributed by atoms with van der Waals surface area (Å²) in [6.45, 7) is 0.0632. The Labute approximate surface area is 228 Å². The second-order valence-corrected chi connectivity index (χ2v) is 8.86. The smallest absolute Gasteiger partial charge is 0.322 e. The molecule has 0 aliphatic heterocycles. The Hall–Kier alpha value is -2.41. The number of amides is 2. The van der Waals surface area contributed by atoms with Crippen molar-refractivity contribution >= 4 is 29.4 Å². The topological polar surface area (TPSA) is 186 Å². The maximum Gasteiger partial charge on any atom is 0.322 e. The van der Waals surface area contributed by atoms with Crippen LogP contribution < -0.4 is 26.6 Å². The Bertz CT molecular complexity index is 691. The number of likely N-dealkylation sites (N-methyl/N-ethyl adjacent to an activating group) is 1. The quantitative estimate of drug-likeness (QED) is 0.0864. The molecule has 0 radical (unpaired) electrons. The van der Waals surface area contributed by atoms with Gasteiger partial charge in [0.15, 0.2) is 11.6 Å². The predicted octanol–water partition coefficient (Wildman–Crippen LogP) is 0.0861. The van der Waals surface area contributed by atoms with Crippen LogP contribution in [-0.2, 0) is 24.0 Å². The number of carboxylic acid groups (broad SMARTS) is 1. The summed E-state index contributed by atoms with van der Waals surface area (Å²) < 4.78 is 0. The van der Waals surface area contributed by atoms with Crippen molar-refractivity contribution in [3.8, 4) is 0 Å². The van der Waals surface area contributed by atoms with Crippen molar-refractivity contribution in [2.24, 2.45) is 11.8 Å². The molecule has 3 atom stereocenters. The van der Waals surface area contributed by atoms with E-state index in [2.05, 4.69) is 26.6 Å². The molecule has 2 amide bonds. The number of carbonyl (C=O) groups excluding carboxylic acids is 4. The van der Waals surface area contributed by atoms with Gasteiger partial charge in [0.05, 0.1) is 25.1 Å². The van der Waals surface area contributed by atoms with E-state index in [-0.39, 0.29) is 46.1 Å². The van der Waals surface area contributed by atoms with Crippen molar-refractivity contribution in [1.29, 1.82) is 0 Å². The molecule has 0 bridgehead atoms. The zero-order valence-corrected chi connectivity index (χ0v) is 21.9. The fourth-order valence-corrected chi connectivity index (χ4v) is 3.74. The van der Waals surface area contributed by atoms with Gasteiger partial charge in [-0.05, 0) is 59.9 Å². The molecule has 38 heavy (non-hydrogen) atoms. The van der Waals surface area contributed by atoms with Gasteiger partial charge in [-0.15, -0.1) is 0 Å². The van der Waals surface area contributed by atoms with Gasteiger partial charge in [-0.3, -0.25) is 24.0 Å². The molecule has 0 rings (SSSR count). The van der Waals surface area contributed by atoms with E-state index in [1.54, 1.807) is 7.05 Å². The molecular formula is C26H53N5O7. The van der Waals surface area contributed by atoms with Crippen molar-refractivity contribution in [2.45, 2.75) is 72.3 Å². The van der Waals surface area contributed by atoms with Gasteiger partial charge >= 0.3 is 5.97 Å². The highest BCUT2D eigenvalue weighted by molar-refractivity contribution is 5.93. The zero-order valence-electron chi connectivity index (χ0n) is 21.9. The Morgan fingerprint density at radius 1 is 0.711 bits per heavy atom. The van der Waals surface area contributed by atoms with Crippen molar-refractivity contribution in [3.05, 3.63) is 0 Å². The summed E-state index contributed by atoms with van der Waals surface area (Å²) in [6.07, 6.45) is 4.30. The second-order valence-electron chi connectivity index (χ2n) is 8.86. The standard InChI is InChI=1S/C24H45N5O7.2CH4/c1-25-10-6-4-8-17(13-21(32)20(27-3)9-5-7-11-26-2)23(35)28-14-19(31)12-18(16-30)24(36)29-15-22(33)34;;/h17-18,20,25-27,30H,4-16H2,1-3H3,(H,28,35)(H,29,36)(H,33,34);2*1H4. The van der Waals surface area contributed by atoms with Crippen molar-refractivity contribution in [1.82, 2.24) is 26.6 Å². The van der Waals surface area contributed by atoms with E-state index in [9.17, 15) is 29.1 Å². The first-order valence-corrected chi connectivity index (χ1v) is 12.6. The first kappa shape index (κ1) is 40.1. The van der Waals surface area contributed by atoms with E-state index >= 15 is 0 Å². The van der Waals surface area contributed by atoms with E-state index in [0.29, 0.717) is 12.8 Å². The Balaban J connectivity index is -0.00000612. The minimum atomic E-state index is -1.24. The lowest BCUT2D eigenvalue weighted by Gasteiger charge is -2.20. The Morgan fingerprint density at radius 2 is 1.24 bits per heavy atom. The van der Waals surface area contributed by atoms with Crippen molar-refractivity contribution in [3.63, 3.8) is 0 Å². The van der Waals surface area contributed by atoms with Crippen LogP contribution in [0.3, 0.4) is 0 Å². The third-order valence-corrected chi connectivity index (χ3v) is 5.89. The molecule has 0 heterocycles. The van der Waals surface area contributed by atoms with Crippen LogP contribution >= 0.6 is 0 Å². The molecule has 7 N–H and O–H groups in total. The van der Waals surface area contributed by atoms with Gasteiger partial charge in [0.25, 0.3) is 0 Å². The molecule has 0 saturated carbocycles. The van der Waals surface area contributed by atoms with E-state index in [4.69, 9.17) is 5.11 Å². The maximum atomic E-state index is 12.9. The largest absolute Gasteiger partial charge is 0.480 e. The number of aliphatic hydroxyl groups is 1. The molecule has 0 aromatic carbocycles. The molecule has 0 aliphatic rings. The van der Waals surface area contributed by atoms with E-state index in [1.165, 1.54) is 0 Å². The lowest BCUT2D eigenvalue weighted by Crippen LogP contribution is -2.41. The van der Waals surface area contributed by atoms with Crippen LogP contribution in [0.4, 0.5) is 0 Å². The van der Waals surface area contributed by atoms with Gasteiger partial charge < -0.3 is 36.8 Å². The molecule has 0 aromatic heterocycles. The van der Waals surface area contributed by atoms with Crippen LogP contribution in [0, 0.1) is 11.8 Å². The van der Waals surface area contributed by atoms with Gasteiger partial charge in [-0.1, -0.05) is 27.7 Å². The summed E-state index contributed by atoms with van der Waals surface area (Å²) in [7, 11) is 5.44. The van der Waals surface area contributed by atoms with Gasteiger partial charge in [-0.25, -0.2) is 0 Å². The lowest BCUT2D eigenvalue weighted by molar-refractivity contribution is -0.139. The molecular weight excluding hydrogens is 494 g/mol. The summed E-state index contributed by atoms with van der Waals surface area (Å²) in [4.78, 5) is 60.6. The SMILES string of the molecule is C.C.CNCCCCC(CC(=O)C(CCCCNC)NC)C(=O)NCC(=O)CC(CO)C(=O)NCC(=O)O. The third-order valence-electron chi connectivity index (χ3n) is 5.89. The van der Waals surface area contributed by atoms with Gasteiger partial charge in [0, 0.05) is 18.8 Å². The summed E-state index contributed by atoms with van der Waals surface area (Å²) in [5, 5.41) is 31.9. The van der Waals surface area contributed by atoms with Crippen LogP contribution in [0.1, 0.15) is 66.2 Å². The second kappa shape index (κ2) is 24.9. The minimum absolute atomic E-state index is 0. The summed E-state index contributed by atoms with van der Waals surface area (Å²) >= 11 is 0. The van der Waals surface area contributed by atoms with Crippen LogP contribution in [0.25, 0.3) is 0 Å². The number of carbonyl (C=O) groups is 5. The number of hydrogen-bond donors (Lipinski definition) is 7. The number of hydrogen-bond acceptors (Lipinski definition) is 9. The third kappa shape index (κ3) is 18.8. The first-order chi connectivity index (χ1) is 17.2. The number of carboxylic acids is 1. The molecule has 12 heteroatoms. The first-order valence-electron chi connectivity index (χ1n) is 12.6. The molecule has 3 unspecified atom stereocenters. The highest BCUT2D eigenvalue weighted by Gasteiger charge is 2.27. The number of Topliss-reactive ketones (excluding diaryl/α,β-unsaturated/α-hetero) is 2. The summed E-state index contributed by atoms with van der Waals surface area (Å²) in [6, 6.07) is -0.342. The predicted molar refractivity (Wildman–Crippen MR) is 149 cm³/mol. The highest BCUT2D eigenvalue weighted by Crippen LogP contribution is 2.17. The Morgan fingerprint density at radius 3 is 1.74 bits per heavy atom. The average molecular weight is 548 g/mol. The monoisotopic (exact) mass is 547 g/mol. The molecule has 0 aromatic rings. The van der Waals surface area contributed by atoms with Crippen LogP contribution in [-0.4, -0.2) is 99.5 Å². The van der Waals surface area contributed by atoms with E-state index < -0.39 is 48.6 Å². The number of aliphatic carboxylic acids is 1. The molecule has 0 saturated heterocycles. The normalized spacial score (nSPS) is 12.7. The maximum absolute atomic E-state index is 12.9. The van der Waals surface area contributed by atoms with E-state index in [0.717, 1.165) is 38.8 Å². The number of rotatable bonds is 23.